The zero-order valence-electron chi connectivity index (χ0n) is 10.7. The van der Waals surface area contributed by atoms with Crippen molar-refractivity contribution >= 4 is 5.97 Å². The van der Waals surface area contributed by atoms with Gasteiger partial charge in [-0.3, -0.25) is 4.98 Å². The second-order valence-corrected chi connectivity index (χ2v) is 5.47. The van der Waals surface area contributed by atoms with Crippen LogP contribution in [0.2, 0.25) is 0 Å². The van der Waals surface area contributed by atoms with Gasteiger partial charge in [-0.2, -0.15) is 0 Å². The Labute approximate surface area is 102 Å². The van der Waals surface area contributed by atoms with Gasteiger partial charge in [0.05, 0.1) is 11.9 Å². The average molecular weight is 236 g/mol. The second kappa shape index (κ2) is 5.75. The Hall–Kier alpha value is -1.45. The molecule has 17 heavy (non-hydrogen) atoms. The lowest BCUT2D eigenvalue weighted by atomic mass is 9.89. The van der Waals surface area contributed by atoms with Gasteiger partial charge in [0, 0.05) is 6.20 Å². The zero-order valence-corrected chi connectivity index (χ0v) is 10.7. The first-order valence-corrected chi connectivity index (χ1v) is 5.93. The summed E-state index contributed by atoms with van der Waals surface area (Å²) in [6.07, 6.45) is 7.03. The monoisotopic (exact) mass is 236 g/mol. The highest BCUT2D eigenvalue weighted by Gasteiger charge is 2.10. The molecule has 0 atom stereocenters. The fourth-order valence-electron chi connectivity index (χ4n) is 1.59. The Morgan fingerprint density at radius 2 is 2.00 bits per heavy atom. The van der Waals surface area contributed by atoms with Gasteiger partial charge in [0.15, 0.2) is 5.69 Å². The summed E-state index contributed by atoms with van der Waals surface area (Å²) in [4.78, 5) is 18.6. The molecular weight excluding hydrogens is 216 g/mol. The van der Waals surface area contributed by atoms with Gasteiger partial charge in [0.25, 0.3) is 0 Å². The molecule has 1 aromatic rings. The smallest absolute Gasteiger partial charge is 0.356 e. The van der Waals surface area contributed by atoms with E-state index in [2.05, 4.69) is 30.7 Å². The number of carbonyl (C=O) groups is 1. The lowest BCUT2D eigenvalue weighted by molar-refractivity contribution is 0.0689. The molecule has 4 heteroatoms. The molecule has 1 rings (SSSR count). The van der Waals surface area contributed by atoms with Crippen LogP contribution >= 0.6 is 0 Å². The van der Waals surface area contributed by atoms with Crippen molar-refractivity contribution < 1.29 is 9.90 Å². The first-order chi connectivity index (χ1) is 7.88. The van der Waals surface area contributed by atoms with Crippen molar-refractivity contribution in [2.45, 2.75) is 46.5 Å². The summed E-state index contributed by atoms with van der Waals surface area (Å²) in [5, 5.41) is 8.79. The van der Waals surface area contributed by atoms with Crippen molar-refractivity contribution in [2.75, 3.05) is 0 Å². The number of hydrogen-bond donors (Lipinski definition) is 1. The van der Waals surface area contributed by atoms with Gasteiger partial charge in [-0.15, -0.1) is 0 Å². The van der Waals surface area contributed by atoms with Crippen molar-refractivity contribution in [1.29, 1.82) is 0 Å². The van der Waals surface area contributed by atoms with Crippen LogP contribution in [0.3, 0.4) is 0 Å². The van der Waals surface area contributed by atoms with Gasteiger partial charge in [0.1, 0.15) is 0 Å². The predicted molar refractivity (Wildman–Crippen MR) is 66.0 cm³/mol. The number of unbranched alkanes of at least 4 members (excludes halogenated alkanes) is 1. The quantitative estimate of drug-likeness (QED) is 0.798. The van der Waals surface area contributed by atoms with Crippen LogP contribution in [0.5, 0.6) is 0 Å². The molecule has 0 radical (unpaired) electrons. The van der Waals surface area contributed by atoms with E-state index in [1.807, 2.05) is 0 Å². The molecule has 0 unspecified atom stereocenters. The summed E-state index contributed by atoms with van der Waals surface area (Å²) in [6.45, 7) is 6.66. The summed E-state index contributed by atoms with van der Waals surface area (Å²) < 4.78 is 0. The van der Waals surface area contributed by atoms with E-state index in [9.17, 15) is 4.79 Å². The van der Waals surface area contributed by atoms with Gasteiger partial charge in [-0.1, -0.05) is 27.2 Å². The molecule has 1 N–H and O–H groups in total. The summed E-state index contributed by atoms with van der Waals surface area (Å²) in [7, 11) is 0. The fraction of sp³-hybridized carbons (Fsp3) is 0.615. The molecule has 0 saturated heterocycles. The van der Waals surface area contributed by atoms with Gasteiger partial charge in [0.2, 0.25) is 0 Å². The largest absolute Gasteiger partial charge is 0.476 e. The van der Waals surface area contributed by atoms with Crippen LogP contribution in [-0.2, 0) is 6.42 Å². The maximum atomic E-state index is 10.7. The van der Waals surface area contributed by atoms with E-state index in [1.54, 1.807) is 6.20 Å². The first kappa shape index (κ1) is 13.6. The second-order valence-electron chi connectivity index (χ2n) is 5.47. The van der Waals surface area contributed by atoms with Crippen LogP contribution in [-0.4, -0.2) is 21.0 Å². The summed E-state index contributed by atoms with van der Waals surface area (Å²) >= 11 is 0. The van der Waals surface area contributed by atoms with E-state index in [-0.39, 0.29) is 5.69 Å². The molecule has 0 fully saturated rings. The lowest BCUT2D eigenvalue weighted by Gasteiger charge is -2.17. The maximum Gasteiger partial charge on any atom is 0.356 e. The van der Waals surface area contributed by atoms with Crippen molar-refractivity contribution in [3.8, 4) is 0 Å². The third-order valence-electron chi connectivity index (χ3n) is 2.51. The summed E-state index contributed by atoms with van der Waals surface area (Å²) in [5.74, 6) is -1.02. The highest BCUT2D eigenvalue weighted by molar-refractivity contribution is 5.84. The van der Waals surface area contributed by atoms with E-state index in [4.69, 9.17) is 5.11 Å². The Morgan fingerprint density at radius 1 is 1.29 bits per heavy atom. The number of aromatic nitrogens is 2. The van der Waals surface area contributed by atoms with Crippen molar-refractivity contribution in [3.05, 3.63) is 23.8 Å². The number of rotatable bonds is 5. The van der Waals surface area contributed by atoms with E-state index in [1.165, 1.54) is 12.6 Å². The predicted octanol–water partition coefficient (Wildman–Crippen LogP) is 2.93. The Morgan fingerprint density at radius 3 is 2.59 bits per heavy atom. The number of aromatic carboxylic acids is 1. The van der Waals surface area contributed by atoms with E-state index >= 15 is 0 Å². The number of carboxylic acids is 1. The number of nitrogens with zero attached hydrogens (tertiary/aromatic N) is 2. The van der Waals surface area contributed by atoms with E-state index in [0.717, 1.165) is 25.0 Å². The maximum absolute atomic E-state index is 10.7. The van der Waals surface area contributed by atoms with Gasteiger partial charge < -0.3 is 5.11 Å². The van der Waals surface area contributed by atoms with Gasteiger partial charge in [-0.05, 0) is 24.7 Å². The minimum Gasteiger partial charge on any atom is -0.476 e. The van der Waals surface area contributed by atoms with Gasteiger partial charge >= 0.3 is 5.97 Å². The third kappa shape index (κ3) is 5.43. The normalized spacial score (nSPS) is 11.5. The molecule has 0 aliphatic heterocycles. The standard InChI is InChI=1S/C13H20N2O2/c1-13(2,3)7-5-4-6-10-8-14-9-11(15-10)12(16)17/h8-9H,4-7H2,1-3H3,(H,16,17). The third-order valence-corrected chi connectivity index (χ3v) is 2.51. The Bertz CT molecular complexity index is 383. The van der Waals surface area contributed by atoms with Crippen LogP contribution < -0.4 is 0 Å². The van der Waals surface area contributed by atoms with Crippen LogP contribution in [0, 0.1) is 5.41 Å². The molecule has 4 nitrogen and oxygen atoms in total. The molecular formula is C13H20N2O2. The molecule has 0 aliphatic carbocycles. The molecule has 0 aliphatic rings. The lowest BCUT2D eigenvalue weighted by Crippen LogP contribution is -2.06. The molecule has 0 aromatic carbocycles. The topological polar surface area (TPSA) is 63.1 Å². The molecule has 0 amide bonds. The number of carboxylic acid groups (broad SMARTS) is 1. The summed E-state index contributed by atoms with van der Waals surface area (Å²) in [5.41, 5.74) is 1.14. The number of aryl methyl sites for hydroxylation is 1. The minimum atomic E-state index is -1.02. The molecule has 94 valence electrons. The SMILES string of the molecule is CC(C)(C)CCCCc1cncc(C(=O)O)n1. The molecule has 0 spiro atoms. The molecule has 1 aromatic heterocycles. The van der Waals surface area contributed by atoms with Crippen LogP contribution in [0.4, 0.5) is 0 Å². The molecule has 0 saturated carbocycles. The van der Waals surface area contributed by atoms with Crippen LogP contribution in [0.1, 0.15) is 56.2 Å². The van der Waals surface area contributed by atoms with Crippen molar-refractivity contribution in [1.82, 2.24) is 9.97 Å². The fourth-order valence-corrected chi connectivity index (χ4v) is 1.59. The van der Waals surface area contributed by atoms with E-state index in [0.29, 0.717) is 5.41 Å². The van der Waals surface area contributed by atoms with Crippen LogP contribution in [0.25, 0.3) is 0 Å². The highest BCUT2D eigenvalue weighted by Crippen LogP contribution is 2.21. The summed E-state index contributed by atoms with van der Waals surface area (Å²) in [6, 6.07) is 0. The van der Waals surface area contributed by atoms with Crippen molar-refractivity contribution in [2.24, 2.45) is 5.41 Å². The number of hydrogen-bond acceptors (Lipinski definition) is 3. The minimum absolute atomic E-state index is 0.0262. The molecule has 1 heterocycles. The van der Waals surface area contributed by atoms with Crippen molar-refractivity contribution in [3.63, 3.8) is 0 Å². The van der Waals surface area contributed by atoms with E-state index < -0.39 is 5.97 Å². The highest BCUT2D eigenvalue weighted by atomic mass is 16.4. The first-order valence-electron chi connectivity index (χ1n) is 5.93. The Balaban J connectivity index is 2.42. The Kier molecular flexibility index (Phi) is 4.61. The average Bonchev–Trinajstić information content (AvgIpc) is 2.23. The van der Waals surface area contributed by atoms with Crippen LogP contribution in [0.15, 0.2) is 12.4 Å². The zero-order chi connectivity index (χ0) is 12.9. The van der Waals surface area contributed by atoms with Gasteiger partial charge in [-0.25, -0.2) is 9.78 Å². The molecule has 0 bridgehead atoms.